The predicted molar refractivity (Wildman–Crippen MR) is 91.2 cm³/mol. The van der Waals surface area contributed by atoms with Crippen LogP contribution in [-0.4, -0.2) is 19.1 Å². The van der Waals surface area contributed by atoms with Gasteiger partial charge in [-0.2, -0.15) is 0 Å². The quantitative estimate of drug-likeness (QED) is 0.487. The molecule has 0 amide bonds. The zero-order valence-corrected chi connectivity index (χ0v) is 13.8. The molecule has 0 aliphatic rings. The summed E-state index contributed by atoms with van der Waals surface area (Å²) in [6.45, 7) is 2.09. The third-order valence-corrected chi connectivity index (χ3v) is 4.05. The Morgan fingerprint density at radius 1 is 1.10 bits per heavy atom. The van der Waals surface area contributed by atoms with E-state index < -0.39 is 0 Å². The van der Waals surface area contributed by atoms with Crippen molar-refractivity contribution in [3.05, 3.63) is 45.7 Å². The molecule has 4 heteroatoms. The number of anilines is 1. The van der Waals surface area contributed by atoms with E-state index in [1.807, 2.05) is 31.1 Å². The fourth-order valence-electron chi connectivity index (χ4n) is 2.15. The molecule has 3 aromatic rings. The van der Waals surface area contributed by atoms with Crippen LogP contribution in [0.4, 0.5) is 5.82 Å². The third-order valence-electron chi connectivity index (χ3n) is 3.23. The first-order valence-electron chi connectivity index (χ1n) is 6.39. The Bertz CT molecular complexity index is 777. The van der Waals surface area contributed by atoms with Gasteiger partial charge >= 0.3 is 0 Å². The molecule has 0 saturated heterocycles. The number of halogens is 1. The molecule has 0 N–H and O–H groups in total. The highest BCUT2D eigenvalue weighted by molar-refractivity contribution is 14.1. The second-order valence-electron chi connectivity index (χ2n) is 5.05. The second kappa shape index (κ2) is 5.09. The largest absolute Gasteiger partial charge is 0.456 e. The minimum Gasteiger partial charge on any atom is -0.456 e. The predicted octanol–water partition coefficient (Wildman–Crippen LogP) is 4.47. The van der Waals surface area contributed by atoms with Crippen molar-refractivity contribution in [1.82, 2.24) is 4.98 Å². The van der Waals surface area contributed by atoms with Gasteiger partial charge in [0.1, 0.15) is 20.9 Å². The molecule has 1 aromatic carbocycles. The molecular weight excluding hydrogens is 363 g/mol. The SMILES string of the molecule is Cc1ccc2oc(-c3ccc(N(C)C)nc3I)cc2c1. The van der Waals surface area contributed by atoms with Crippen LogP contribution in [0.2, 0.25) is 0 Å². The van der Waals surface area contributed by atoms with Crippen LogP contribution in [0.1, 0.15) is 5.56 Å². The highest BCUT2D eigenvalue weighted by atomic mass is 127. The fraction of sp³-hybridized carbons (Fsp3) is 0.188. The molecule has 20 heavy (non-hydrogen) atoms. The number of aryl methyl sites for hydroxylation is 1. The number of nitrogens with zero attached hydrogens (tertiary/aromatic N) is 2. The normalized spacial score (nSPS) is 11.0. The monoisotopic (exact) mass is 378 g/mol. The molecule has 0 aliphatic heterocycles. The topological polar surface area (TPSA) is 29.3 Å². The van der Waals surface area contributed by atoms with E-state index in [4.69, 9.17) is 4.42 Å². The van der Waals surface area contributed by atoms with E-state index in [0.29, 0.717) is 0 Å². The van der Waals surface area contributed by atoms with Crippen LogP contribution < -0.4 is 4.90 Å². The Kier molecular flexibility index (Phi) is 3.41. The van der Waals surface area contributed by atoms with Crippen molar-refractivity contribution in [3.63, 3.8) is 0 Å². The average Bonchev–Trinajstić information content (AvgIpc) is 2.80. The lowest BCUT2D eigenvalue weighted by Crippen LogP contribution is -2.11. The molecular formula is C16H15IN2O. The number of furan rings is 1. The number of benzene rings is 1. The van der Waals surface area contributed by atoms with Gasteiger partial charge in [-0.05, 0) is 59.8 Å². The average molecular weight is 378 g/mol. The smallest absolute Gasteiger partial charge is 0.138 e. The maximum atomic E-state index is 5.93. The summed E-state index contributed by atoms with van der Waals surface area (Å²) in [4.78, 5) is 6.58. The zero-order valence-electron chi connectivity index (χ0n) is 11.6. The molecule has 0 aliphatic carbocycles. The molecule has 102 valence electrons. The molecule has 0 radical (unpaired) electrons. The lowest BCUT2D eigenvalue weighted by Gasteiger charge is -2.12. The van der Waals surface area contributed by atoms with Gasteiger partial charge in [0.2, 0.25) is 0 Å². The van der Waals surface area contributed by atoms with E-state index in [9.17, 15) is 0 Å². The number of pyridine rings is 1. The summed E-state index contributed by atoms with van der Waals surface area (Å²) in [5, 5.41) is 1.13. The number of aromatic nitrogens is 1. The van der Waals surface area contributed by atoms with Gasteiger partial charge in [0, 0.05) is 25.0 Å². The molecule has 0 fully saturated rings. The molecule has 0 saturated carbocycles. The summed E-state index contributed by atoms with van der Waals surface area (Å²) in [5.74, 6) is 1.82. The summed E-state index contributed by atoms with van der Waals surface area (Å²) in [6.07, 6.45) is 0. The Balaban J connectivity index is 2.10. The van der Waals surface area contributed by atoms with Crippen LogP contribution in [0.15, 0.2) is 40.8 Å². The van der Waals surface area contributed by atoms with Crippen LogP contribution in [0.25, 0.3) is 22.3 Å². The number of hydrogen-bond donors (Lipinski definition) is 0. The molecule has 2 heterocycles. The highest BCUT2D eigenvalue weighted by Crippen LogP contribution is 2.31. The Hall–Kier alpha value is -1.56. The van der Waals surface area contributed by atoms with Gasteiger partial charge in [0.15, 0.2) is 0 Å². The van der Waals surface area contributed by atoms with Crippen molar-refractivity contribution in [3.8, 4) is 11.3 Å². The van der Waals surface area contributed by atoms with Crippen LogP contribution in [0.5, 0.6) is 0 Å². The van der Waals surface area contributed by atoms with Gasteiger partial charge < -0.3 is 9.32 Å². The van der Waals surface area contributed by atoms with Crippen molar-refractivity contribution in [2.75, 3.05) is 19.0 Å². The Morgan fingerprint density at radius 3 is 2.60 bits per heavy atom. The molecule has 3 nitrogen and oxygen atoms in total. The van der Waals surface area contributed by atoms with Crippen LogP contribution in [0.3, 0.4) is 0 Å². The van der Waals surface area contributed by atoms with Crippen molar-refractivity contribution in [2.45, 2.75) is 6.92 Å². The van der Waals surface area contributed by atoms with E-state index in [-0.39, 0.29) is 0 Å². The van der Waals surface area contributed by atoms with Gasteiger partial charge in [0.25, 0.3) is 0 Å². The minimum absolute atomic E-state index is 0.868. The lowest BCUT2D eigenvalue weighted by atomic mass is 10.1. The first-order chi connectivity index (χ1) is 9.54. The Labute approximate surface area is 131 Å². The molecule has 0 atom stereocenters. The summed E-state index contributed by atoms with van der Waals surface area (Å²) in [5.41, 5.74) is 3.18. The van der Waals surface area contributed by atoms with E-state index >= 15 is 0 Å². The van der Waals surface area contributed by atoms with Crippen molar-refractivity contribution >= 4 is 39.4 Å². The number of fused-ring (bicyclic) bond motifs is 1. The van der Waals surface area contributed by atoms with E-state index in [1.54, 1.807) is 0 Å². The first kappa shape index (κ1) is 13.4. The van der Waals surface area contributed by atoms with E-state index in [2.05, 4.69) is 58.8 Å². The van der Waals surface area contributed by atoms with Gasteiger partial charge in [0.05, 0.1) is 0 Å². The van der Waals surface area contributed by atoms with E-state index in [0.717, 1.165) is 31.8 Å². The van der Waals surface area contributed by atoms with Crippen LogP contribution in [0, 0.1) is 10.6 Å². The maximum absolute atomic E-state index is 5.93. The van der Waals surface area contributed by atoms with Gasteiger partial charge in [-0.3, -0.25) is 0 Å². The molecule has 3 rings (SSSR count). The van der Waals surface area contributed by atoms with E-state index in [1.165, 1.54) is 5.56 Å². The first-order valence-corrected chi connectivity index (χ1v) is 7.47. The van der Waals surface area contributed by atoms with Gasteiger partial charge in [-0.15, -0.1) is 0 Å². The third kappa shape index (κ3) is 2.40. The standard InChI is InChI=1S/C16H15IN2O/c1-10-4-6-13-11(8-10)9-14(20-13)12-5-7-15(19(2)3)18-16(12)17/h4-9H,1-3H3. The van der Waals surface area contributed by atoms with Crippen molar-refractivity contribution in [1.29, 1.82) is 0 Å². The van der Waals surface area contributed by atoms with Crippen LogP contribution in [-0.2, 0) is 0 Å². The van der Waals surface area contributed by atoms with Gasteiger partial charge in [-0.25, -0.2) is 4.98 Å². The second-order valence-corrected chi connectivity index (χ2v) is 6.08. The summed E-state index contributed by atoms with van der Waals surface area (Å²) >= 11 is 2.26. The molecule has 0 unspecified atom stereocenters. The van der Waals surface area contributed by atoms with Crippen LogP contribution >= 0.6 is 22.6 Å². The van der Waals surface area contributed by atoms with Crippen molar-refractivity contribution in [2.24, 2.45) is 0 Å². The highest BCUT2D eigenvalue weighted by Gasteiger charge is 2.11. The summed E-state index contributed by atoms with van der Waals surface area (Å²) in [6, 6.07) is 12.4. The molecule has 0 spiro atoms. The lowest BCUT2D eigenvalue weighted by molar-refractivity contribution is 0.630. The summed E-state index contributed by atoms with van der Waals surface area (Å²) < 4.78 is 6.88. The van der Waals surface area contributed by atoms with Crippen molar-refractivity contribution < 1.29 is 4.42 Å². The molecule has 0 bridgehead atoms. The number of hydrogen-bond acceptors (Lipinski definition) is 3. The Morgan fingerprint density at radius 2 is 1.90 bits per heavy atom. The minimum atomic E-state index is 0.868. The zero-order chi connectivity index (χ0) is 14.3. The van der Waals surface area contributed by atoms with Gasteiger partial charge in [-0.1, -0.05) is 11.6 Å². The maximum Gasteiger partial charge on any atom is 0.138 e. The fourth-order valence-corrected chi connectivity index (χ4v) is 2.85. The summed E-state index contributed by atoms with van der Waals surface area (Å²) in [7, 11) is 3.98. The number of rotatable bonds is 2. The molecule has 2 aromatic heterocycles.